The zero-order valence-electron chi connectivity index (χ0n) is 17.1. The molecule has 0 spiro atoms. The van der Waals surface area contributed by atoms with E-state index in [0.29, 0.717) is 10.6 Å². The maximum Gasteiger partial charge on any atom is 0.159 e. The summed E-state index contributed by atoms with van der Waals surface area (Å²) in [5.74, 6) is 0.312. The van der Waals surface area contributed by atoms with Gasteiger partial charge >= 0.3 is 0 Å². The molecule has 3 rings (SSSR count). The van der Waals surface area contributed by atoms with Crippen molar-refractivity contribution < 1.29 is 14.4 Å². The summed E-state index contributed by atoms with van der Waals surface area (Å²) in [6.45, 7) is 6.67. The Balaban J connectivity index is 0.000000218. The van der Waals surface area contributed by atoms with E-state index in [-0.39, 0.29) is 17.3 Å². The number of rotatable bonds is 3. The third-order valence-corrected chi connectivity index (χ3v) is 4.14. The Kier molecular flexibility index (Phi) is 10.3. The van der Waals surface area contributed by atoms with Crippen molar-refractivity contribution in [2.24, 2.45) is 0 Å². The largest absolute Gasteiger partial charge is 0.295 e. The highest BCUT2D eigenvalue weighted by atomic mass is 35.5. The summed E-state index contributed by atoms with van der Waals surface area (Å²) in [6, 6.07) is 23.6. The van der Waals surface area contributed by atoms with Gasteiger partial charge in [0.25, 0.3) is 0 Å². The number of halogens is 1. The Labute approximate surface area is 177 Å². The van der Waals surface area contributed by atoms with Gasteiger partial charge in [0.2, 0.25) is 0 Å². The third kappa shape index (κ3) is 9.63. The molecule has 0 unspecified atom stereocenters. The van der Waals surface area contributed by atoms with Gasteiger partial charge in [-0.3, -0.25) is 14.4 Å². The maximum atomic E-state index is 10.8. The minimum absolute atomic E-state index is 0.0664. The first kappa shape index (κ1) is 24.0. The molecule has 0 aliphatic rings. The zero-order valence-corrected chi connectivity index (χ0v) is 17.9. The van der Waals surface area contributed by atoms with Gasteiger partial charge in [-0.2, -0.15) is 0 Å². The molecule has 0 bridgehead atoms. The fraction of sp³-hybridized carbons (Fsp3) is 0.160. The summed E-state index contributed by atoms with van der Waals surface area (Å²) in [5.41, 5.74) is 3.44. The lowest BCUT2D eigenvalue weighted by Gasteiger charge is -1.93. The van der Waals surface area contributed by atoms with Crippen molar-refractivity contribution in [3.05, 3.63) is 106 Å². The molecule has 0 saturated carbocycles. The molecule has 0 heterocycles. The number of hydrogen-bond donors (Lipinski definition) is 0. The minimum Gasteiger partial charge on any atom is -0.295 e. The van der Waals surface area contributed by atoms with E-state index in [1.807, 2.05) is 61.5 Å². The number of benzene rings is 3. The lowest BCUT2D eigenvalue weighted by molar-refractivity contribution is 0.100. The van der Waals surface area contributed by atoms with Crippen LogP contribution in [0.4, 0.5) is 0 Å². The smallest absolute Gasteiger partial charge is 0.159 e. The van der Waals surface area contributed by atoms with E-state index in [2.05, 4.69) is 0 Å². The Morgan fingerprint density at radius 2 is 0.897 bits per heavy atom. The van der Waals surface area contributed by atoms with Crippen molar-refractivity contribution in [3.8, 4) is 0 Å². The molecule has 3 aromatic rings. The van der Waals surface area contributed by atoms with Gasteiger partial charge in [0.05, 0.1) is 0 Å². The number of aryl methyl sites for hydroxylation is 1. The molecule has 0 aromatic heterocycles. The van der Waals surface area contributed by atoms with Crippen molar-refractivity contribution in [1.29, 1.82) is 0 Å². The predicted octanol–water partition coefficient (Wildman–Crippen LogP) is 6.63. The Hall–Kier alpha value is -3.04. The topological polar surface area (TPSA) is 51.2 Å². The molecule has 150 valence electrons. The second kappa shape index (κ2) is 12.4. The fourth-order valence-corrected chi connectivity index (χ4v) is 2.27. The van der Waals surface area contributed by atoms with E-state index in [9.17, 15) is 14.4 Å². The second-order valence-electron chi connectivity index (χ2n) is 6.41. The number of hydrogen-bond acceptors (Lipinski definition) is 3. The number of ketones is 3. The molecule has 4 heteroatoms. The van der Waals surface area contributed by atoms with Gasteiger partial charge in [-0.05, 0) is 52.0 Å². The first-order chi connectivity index (χ1) is 13.7. The van der Waals surface area contributed by atoms with Gasteiger partial charge in [-0.1, -0.05) is 71.8 Å². The molecule has 0 N–H and O–H groups in total. The fourth-order valence-electron chi connectivity index (χ4n) is 2.15. The molecule has 0 radical (unpaired) electrons. The first-order valence-corrected chi connectivity index (χ1v) is 9.48. The van der Waals surface area contributed by atoms with Crippen molar-refractivity contribution >= 4 is 29.0 Å². The van der Waals surface area contributed by atoms with E-state index in [4.69, 9.17) is 11.6 Å². The highest BCUT2D eigenvalue weighted by Gasteiger charge is 1.96. The van der Waals surface area contributed by atoms with Gasteiger partial charge in [0.15, 0.2) is 17.3 Å². The lowest BCUT2D eigenvalue weighted by Crippen LogP contribution is -1.90. The van der Waals surface area contributed by atoms with Crippen LogP contribution >= 0.6 is 11.6 Å². The van der Waals surface area contributed by atoms with E-state index in [0.717, 1.165) is 11.1 Å². The van der Waals surface area contributed by atoms with Gasteiger partial charge in [-0.25, -0.2) is 0 Å². The summed E-state index contributed by atoms with van der Waals surface area (Å²) in [4.78, 5) is 32.1. The van der Waals surface area contributed by atoms with Gasteiger partial charge < -0.3 is 0 Å². The quantitative estimate of drug-likeness (QED) is 0.457. The van der Waals surface area contributed by atoms with Crippen LogP contribution in [0.3, 0.4) is 0 Å². The Morgan fingerprint density at radius 3 is 1.24 bits per heavy atom. The number of carbonyl (C=O) groups excluding carboxylic acids is 3. The van der Waals surface area contributed by atoms with Crippen LogP contribution < -0.4 is 0 Å². The van der Waals surface area contributed by atoms with E-state index >= 15 is 0 Å². The molecule has 0 aliphatic carbocycles. The van der Waals surface area contributed by atoms with Crippen molar-refractivity contribution in [2.75, 3.05) is 0 Å². The van der Waals surface area contributed by atoms with Crippen molar-refractivity contribution in [2.45, 2.75) is 27.7 Å². The molecular formula is C25H25ClO3. The molecular weight excluding hydrogens is 384 g/mol. The number of carbonyl (C=O) groups is 3. The summed E-state index contributed by atoms with van der Waals surface area (Å²) >= 11 is 5.61. The average molecular weight is 409 g/mol. The first-order valence-electron chi connectivity index (χ1n) is 9.10. The summed E-state index contributed by atoms with van der Waals surface area (Å²) < 4.78 is 0. The molecule has 0 fully saturated rings. The average Bonchev–Trinajstić information content (AvgIpc) is 2.70. The SMILES string of the molecule is CC(=O)c1ccc(C)cc1.CC(=O)c1ccc(Cl)cc1.CC(=O)c1ccccc1. The molecule has 3 aromatic carbocycles. The highest BCUT2D eigenvalue weighted by Crippen LogP contribution is 2.09. The Bertz CT molecular complexity index is 873. The molecule has 0 atom stereocenters. The normalized spacial score (nSPS) is 9.28. The van der Waals surface area contributed by atoms with Gasteiger partial charge in [-0.15, -0.1) is 0 Å². The maximum absolute atomic E-state index is 10.8. The zero-order chi connectivity index (χ0) is 21.8. The van der Waals surface area contributed by atoms with Crippen LogP contribution in [0.5, 0.6) is 0 Å². The third-order valence-electron chi connectivity index (χ3n) is 3.89. The molecule has 0 saturated heterocycles. The predicted molar refractivity (Wildman–Crippen MR) is 119 cm³/mol. The molecule has 0 aliphatic heterocycles. The second-order valence-corrected chi connectivity index (χ2v) is 6.84. The summed E-state index contributed by atoms with van der Waals surface area (Å²) in [6.07, 6.45) is 0. The lowest BCUT2D eigenvalue weighted by atomic mass is 10.1. The van der Waals surface area contributed by atoms with Crippen molar-refractivity contribution in [1.82, 2.24) is 0 Å². The van der Waals surface area contributed by atoms with E-state index in [1.54, 1.807) is 38.1 Å². The molecule has 3 nitrogen and oxygen atoms in total. The van der Waals surface area contributed by atoms with E-state index < -0.39 is 0 Å². The van der Waals surface area contributed by atoms with Crippen LogP contribution in [0.2, 0.25) is 5.02 Å². The van der Waals surface area contributed by atoms with Crippen LogP contribution in [-0.4, -0.2) is 17.3 Å². The highest BCUT2D eigenvalue weighted by molar-refractivity contribution is 6.30. The van der Waals surface area contributed by atoms with Gasteiger partial charge in [0.1, 0.15) is 0 Å². The van der Waals surface area contributed by atoms with E-state index in [1.165, 1.54) is 12.5 Å². The molecule has 0 amide bonds. The van der Waals surface area contributed by atoms with Crippen molar-refractivity contribution in [3.63, 3.8) is 0 Å². The van der Waals surface area contributed by atoms with Crippen LogP contribution in [0, 0.1) is 6.92 Å². The molecule has 29 heavy (non-hydrogen) atoms. The van der Waals surface area contributed by atoms with Gasteiger partial charge in [0, 0.05) is 21.7 Å². The number of Topliss-reactive ketones (excluding diaryl/α,β-unsaturated/α-hetero) is 3. The van der Waals surface area contributed by atoms with Crippen LogP contribution in [0.25, 0.3) is 0 Å². The standard InChI is InChI=1S/C9H10O.C8H7ClO.C8H8O/c1-7-3-5-9(6-4-7)8(2)10;1-6(10)7-2-4-8(9)5-3-7;1-7(9)8-5-3-2-4-6-8/h3-6H,1-2H3;2-5H,1H3;2-6H,1H3. The summed E-state index contributed by atoms with van der Waals surface area (Å²) in [5, 5.41) is 0.657. The Morgan fingerprint density at radius 1 is 0.552 bits per heavy atom. The van der Waals surface area contributed by atoms with Crippen LogP contribution in [-0.2, 0) is 0 Å². The summed E-state index contributed by atoms with van der Waals surface area (Å²) in [7, 11) is 0. The van der Waals surface area contributed by atoms with Crippen LogP contribution in [0.15, 0.2) is 78.9 Å². The monoisotopic (exact) mass is 408 g/mol. The minimum atomic E-state index is 0.0664. The van der Waals surface area contributed by atoms with Crippen LogP contribution in [0.1, 0.15) is 57.4 Å².